The molecule has 1 atom stereocenters. The van der Waals surface area contributed by atoms with Crippen molar-refractivity contribution in [2.45, 2.75) is 57.4 Å². The van der Waals surface area contributed by atoms with E-state index < -0.39 is 17.8 Å². The van der Waals surface area contributed by atoms with Crippen LogP contribution in [0.2, 0.25) is 31.2 Å². The topological polar surface area (TPSA) is 20.2 Å². The van der Waals surface area contributed by atoms with E-state index in [2.05, 4.69) is 20.0 Å². The average molecular weight is 204 g/mol. The Balaban J connectivity index is 0.000000354. The van der Waals surface area contributed by atoms with Crippen LogP contribution in [0.1, 0.15) is 26.2 Å². The van der Waals surface area contributed by atoms with Crippen LogP contribution in [0.3, 0.4) is 0 Å². The Kier molecular flexibility index (Phi) is 6.14. The lowest BCUT2D eigenvalue weighted by atomic mass is 10.2. The van der Waals surface area contributed by atoms with Crippen LogP contribution in [0.5, 0.6) is 0 Å². The largest absolute Gasteiger partial charge is 0.438 e. The van der Waals surface area contributed by atoms with Crippen LogP contribution in [0.25, 0.3) is 0 Å². The van der Waals surface area contributed by atoms with Gasteiger partial charge in [-0.15, -0.1) is 0 Å². The molecule has 0 spiro atoms. The predicted molar refractivity (Wildman–Crippen MR) is 62.2 cm³/mol. The molecule has 1 aliphatic rings. The molecule has 1 rings (SSSR count). The minimum absolute atomic E-state index is 0.583. The van der Waals surface area contributed by atoms with E-state index in [1.54, 1.807) is 6.04 Å². The quantitative estimate of drug-likeness (QED) is 0.601. The highest BCUT2D eigenvalue weighted by molar-refractivity contribution is 6.78. The van der Waals surface area contributed by atoms with Crippen LogP contribution < -0.4 is 0 Å². The Morgan fingerprint density at radius 3 is 2.08 bits per heavy atom. The van der Waals surface area contributed by atoms with Gasteiger partial charge in [0, 0.05) is 0 Å². The van der Waals surface area contributed by atoms with Gasteiger partial charge in [-0.25, -0.2) is 0 Å². The van der Waals surface area contributed by atoms with E-state index in [0.29, 0.717) is 0 Å². The Labute approximate surface area is 80.5 Å². The van der Waals surface area contributed by atoms with Crippen LogP contribution in [-0.4, -0.2) is 22.6 Å². The van der Waals surface area contributed by atoms with E-state index in [-0.39, 0.29) is 0 Å². The summed E-state index contributed by atoms with van der Waals surface area (Å²) in [7, 11) is -1.28. The zero-order chi connectivity index (χ0) is 9.61. The van der Waals surface area contributed by atoms with Gasteiger partial charge in [-0.05, 0) is 5.54 Å². The summed E-state index contributed by atoms with van der Waals surface area (Å²) in [6, 6.07) is 1.58. The first-order valence-electron chi connectivity index (χ1n) is 5.15. The van der Waals surface area contributed by atoms with Crippen molar-refractivity contribution in [2.75, 3.05) is 0 Å². The molecule has 0 aromatic heterocycles. The fourth-order valence-electron chi connectivity index (χ4n) is 1.67. The van der Waals surface area contributed by atoms with Crippen molar-refractivity contribution in [1.82, 2.24) is 0 Å². The summed E-state index contributed by atoms with van der Waals surface area (Å²) in [5.74, 6) is 0. The maximum absolute atomic E-state index is 7.71. The summed E-state index contributed by atoms with van der Waals surface area (Å²) in [5.41, 5.74) is 1.09. The Morgan fingerprint density at radius 1 is 1.33 bits per heavy atom. The zero-order valence-electron chi connectivity index (χ0n) is 9.06. The monoisotopic (exact) mass is 204 g/mol. The molecule has 0 aromatic carbocycles. The van der Waals surface area contributed by atoms with E-state index in [1.165, 1.54) is 19.3 Å². The summed E-state index contributed by atoms with van der Waals surface area (Å²) >= 11 is 0. The van der Waals surface area contributed by atoms with Gasteiger partial charge in [0.15, 0.2) is 9.76 Å². The van der Waals surface area contributed by atoms with Gasteiger partial charge in [-0.3, -0.25) is 0 Å². The minimum Gasteiger partial charge on any atom is -0.438 e. The standard InChI is InChI=1S/C8H18Si.CH6OSi/c1-8-6-4-5-7-9(8,2)3;1-3-2/h8H,4-7H2,1-3H3;2H,3H2,1H3. The number of rotatable bonds is 0. The molecule has 1 heterocycles. The van der Waals surface area contributed by atoms with Crippen molar-refractivity contribution in [3.05, 3.63) is 0 Å². The van der Waals surface area contributed by atoms with Crippen LogP contribution >= 0.6 is 0 Å². The van der Waals surface area contributed by atoms with E-state index in [1.807, 2.05) is 6.55 Å². The van der Waals surface area contributed by atoms with Crippen LogP contribution in [0.15, 0.2) is 0 Å². The lowest BCUT2D eigenvalue weighted by molar-refractivity contribution is 0.610. The van der Waals surface area contributed by atoms with Crippen LogP contribution in [-0.2, 0) is 0 Å². The molecule has 0 aromatic rings. The number of hydrogen-bond acceptors (Lipinski definition) is 1. The van der Waals surface area contributed by atoms with E-state index in [0.717, 1.165) is 5.54 Å². The van der Waals surface area contributed by atoms with Crippen molar-refractivity contribution in [3.8, 4) is 0 Å². The maximum atomic E-state index is 7.71. The van der Waals surface area contributed by atoms with E-state index in [9.17, 15) is 0 Å². The third-order valence-electron chi connectivity index (χ3n) is 3.04. The molecule has 1 saturated heterocycles. The van der Waals surface area contributed by atoms with Gasteiger partial charge in [0.05, 0.1) is 8.07 Å². The molecule has 3 heteroatoms. The summed E-state index contributed by atoms with van der Waals surface area (Å²) in [4.78, 5) is 7.71. The van der Waals surface area contributed by atoms with Gasteiger partial charge in [0.2, 0.25) is 0 Å². The molecule has 74 valence electrons. The second-order valence-electron chi connectivity index (χ2n) is 4.45. The first kappa shape index (κ1) is 12.4. The fourth-order valence-corrected chi connectivity index (χ4v) is 4.31. The molecule has 1 N–H and O–H groups in total. The minimum atomic E-state index is -0.694. The zero-order valence-corrected chi connectivity index (χ0v) is 11.5. The van der Waals surface area contributed by atoms with Crippen molar-refractivity contribution in [2.24, 2.45) is 0 Å². The average Bonchev–Trinajstić information content (AvgIpc) is 1.97. The van der Waals surface area contributed by atoms with Gasteiger partial charge in [-0.2, -0.15) is 0 Å². The van der Waals surface area contributed by atoms with Crippen LogP contribution in [0, 0.1) is 0 Å². The maximum Gasteiger partial charge on any atom is 0.153 e. The number of hydrogen-bond donors (Lipinski definition) is 1. The first-order valence-corrected chi connectivity index (χ1v) is 10.5. The summed E-state index contributed by atoms with van der Waals surface area (Å²) in [6.07, 6.45) is 4.53. The van der Waals surface area contributed by atoms with Crippen molar-refractivity contribution in [1.29, 1.82) is 0 Å². The van der Waals surface area contributed by atoms with E-state index in [4.69, 9.17) is 4.80 Å². The predicted octanol–water partition coefficient (Wildman–Crippen LogP) is 2.38. The molecule has 0 bridgehead atoms. The lowest BCUT2D eigenvalue weighted by Crippen LogP contribution is -2.33. The highest BCUT2D eigenvalue weighted by atomic mass is 28.3. The third kappa shape index (κ3) is 4.43. The van der Waals surface area contributed by atoms with E-state index >= 15 is 0 Å². The second kappa shape index (κ2) is 5.94. The van der Waals surface area contributed by atoms with Gasteiger partial charge >= 0.3 is 0 Å². The highest BCUT2D eigenvalue weighted by Gasteiger charge is 2.30. The van der Waals surface area contributed by atoms with Gasteiger partial charge < -0.3 is 4.80 Å². The van der Waals surface area contributed by atoms with Gasteiger partial charge in [-0.1, -0.05) is 51.9 Å². The summed E-state index contributed by atoms with van der Waals surface area (Å²) in [6.45, 7) is 9.35. The molecule has 1 unspecified atom stereocenters. The Hall–Kier alpha value is 0.394. The van der Waals surface area contributed by atoms with Gasteiger partial charge in [0.1, 0.15) is 0 Å². The fraction of sp³-hybridized carbons (Fsp3) is 1.00. The smallest absolute Gasteiger partial charge is 0.153 e. The molecule has 12 heavy (non-hydrogen) atoms. The normalized spacial score (nSPS) is 28.2. The van der Waals surface area contributed by atoms with Crippen molar-refractivity contribution < 1.29 is 4.80 Å². The summed E-state index contributed by atoms with van der Waals surface area (Å²) in [5, 5.41) is 0. The Morgan fingerprint density at radius 2 is 1.83 bits per heavy atom. The molecule has 0 radical (unpaired) electrons. The second-order valence-corrected chi connectivity index (χ2v) is 10.5. The molecular weight excluding hydrogens is 180 g/mol. The molecule has 0 amide bonds. The van der Waals surface area contributed by atoms with Crippen molar-refractivity contribution in [3.63, 3.8) is 0 Å². The molecule has 1 nitrogen and oxygen atoms in total. The Bertz CT molecular complexity index is 115. The first-order chi connectivity index (χ1) is 5.54. The van der Waals surface area contributed by atoms with Crippen LogP contribution in [0.4, 0.5) is 0 Å². The molecule has 1 fully saturated rings. The SMILES string of the molecule is CC1CCCC[Si]1(C)C.C[SiH2]O. The molecule has 1 aliphatic heterocycles. The van der Waals surface area contributed by atoms with Crippen molar-refractivity contribution >= 4 is 17.8 Å². The molecule has 0 saturated carbocycles. The van der Waals surface area contributed by atoms with Gasteiger partial charge in [0.25, 0.3) is 0 Å². The third-order valence-corrected chi connectivity index (χ3v) is 7.64. The molecular formula is C9H24OSi2. The lowest BCUT2D eigenvalue weighted by Gasteiger charge is -2.34. The molecule has 0 aliphatic carbocycles. The highest BCUT2D eigenvalue weighted by Crippen LogP contribution is 2.36. The summed E-state index contributed by atoms with van der Waals surface area (Å²) < 4.78 is 0.